The molecule has 3 aromatic rings. The SMILES string of the molecule is O=C(CCNC(=O)c1ccccc1)NC1CCCc2c1cnn2Cc1ccccc1. The zero-order chi connectivity index (χ0) is 20.8. The molecule has 1 aliphatic carbocycles. The predicted octanol–water partition coefficient (Wildman–Crippen LogP) is 3.25. The van der Waals surface area contributed by atoms with Crippen molar-refractivity contribution in [3.05, 3.63) is 89.2 Å². The molecule has 1 unspecified atom stereocenters. The highest BCUT2D eigenvalue weighted by molar-refractivity contribution is 5.94. The van der Waals surface area contributed by atoms with E-state index in [9.17, 15) is 9.59 Å². The van der Waals surface area contributed by atoms with Gasteiger partial charge in [-0.2, -0.15) is 5.10 Å². The van der Waals surface area contributed by atoms with Crippen LogP contribution in [0.2, 0.25) is 0 Å². The number of amides is 2. The molecule has 1 aliphatic rings. The molecule has 0 saturated heterocycles. The van der Waals surface area contributed by atoms with Crippen LogP contribution in [0.3, 0.4) is 0 Å². The highest BCUT2D eigenvalue weighted by atomic mass is 16.2. The van der Waals surface area contributed by atoms with Crippen molar-refractivity contribution in [3.63, 3.8) is 0 Å². The van der Waals surface area contributed by atoms with E-state index in [0.717, 1.165) is 31.4 Å². The summed E-state index contributed by atoms with van der Waals surface area (Å²) in [4.78, 5) is 24.5. The highest BCUT2D eigenvalue weighted by Crippen LogP contribution is 2.30. The van der Waals surface area contributed by atoms with Crippen LogP contribution < -0.4 is 10.6 Å². The fourth-order valence-electron chi connectivity index (χ4n) is 3.91. The summed E-state index contributed by atoms with van der Waals surface area (Å²) in [6, 6.07) is 19.3. The second-order valence-electron chi connectivity index (χ2n) is 7.57. The standard InChI is InChI=1S/C24H26N4O2/c29-23(14-15-25-24(30)19-10-5-2-6-11-19)27-21-12-7-13-22-20(21)16-26-28(22)17-18-8-3-1-4-9-18/h1-6,8-11,16,21H,7,12-15,17H2,(H,25,30)(H,27,29). The molecular formula is C24H26N4O2. The normalized spacial score (nSPS) is 15.3. The minimum atomic E-state index is -0.162. The van der Waals surface area contributed by atoms with Crippen molar-refractivity contribution < 1.29 is 9.59 Å². The Hall–Kier alpha value is -3.41. The Morgan fingerprint density at radius 2 is 1.77 bits per heavy atom. The first-order chi connectivity index (χ1) is 14.7. The van der Waals surface area contributed by atoms with E-state index in [1.54, 1.807) is 12.1 Å². The topological polar surface area (TPSA) is 76.0 Å². The van der Waals surface area contributed by atoms with Crippen LogP contribution in [-0.2, 0) is 17.8 Å². The molecule has 30 heavy (non-hydrogen) atoms. The number of rotatable bonds is 7. The molecule has 0 aliphatic heterocycles. The van der Waals surface area contributed by atoms with Gasteiger partial charge in [0.15, 0.2) is 0 Å². The molecule has 4 rings (SSSR count). The Balaban J connectivity index is 1.31. The lowest BCUT2D eigenvalue weighted by Crippen LogP contribution is -2.34. The van der Waals surface area contributed by atoms with Crippen molar-refractivity contribution >= 4 is 11.8 Å². The molecule has 0 saturated carbocycles. The van der Waals surface area contributed by atoms with E-state index in [0.29, 0.717) is 12.1 Å². The van der Waals surface area contributed by atoms with Crippen LogP contribution >= 0.6 is 0 Å². The van der Waals surface area contributed by atoms with Gasteiger partial charge in [-0.15, -0.1) is 0 Å². The minimum Gasteiger partial charge on any atom is -0.352 e. The van der Waals surface area contributed by atoms with E-state index in [1.807, 2.05) is 47.3 Å². The molecule has 2 N–H and O–H groups in total. The number of fused-ring (bicyclic) bond motifs is 1. The molecule has 1 aromatic heterocycles. The molecule has 1 atom stereocenters. The first-order valence-electron chi connectivity index (χ1n) is 10.4. The van der Waals surface area contributed by atoms with Crippen LogP contribution in [0, 0.1) is 0 Å². The lowest BCUT2D eigenvalue weighted by molar-refractivity contribution is -0.121. The number of hydrogen-bond donors (Lipinski definition) is 2. The van der Waals surface area contributed by atoms with Gasteiger partial charge in [0.05, 0.1) is 18.8 Å². The van der Waals surface area contributed by atoms with Gasteiger partial charge in [-0.1, -0.05) is 48.5 Å². The van der Waals surface area contributed by atoms with Gasteiger partial charge in [0.1, 0.15) is 0 Å². The maximum Gasteiger partial charge on any atom is 0.251 e. The summed E-state index contributed by atoms with van der Waals surface area (Å²) in [5, 5.41) is 10.5. The van der Waals surface area contributed by atoms with Crippen molar-refractivity contribution in [1.82, 2.24) is 20.4 Å². The van der Waals surface area contributed by atoms with Crippen LogP contribution in [0.15, 0.2) is 66.9 Å². The molecule has 2 amide bonds. The van der Waals surface area contributed by atoms with Crippen LogP contribution in [-0.4, -0.2) is 28.1 Å². The van der Waals surface area contributed by atoms with E-state index < -0.39 is 0 Å². The second kappa shape index (κ2) is 9.39. The Bertz CT molecular complexity index is 999. The monoisotopic (exact) mass is 402 g/mol. The lowest BCUT2D eigenvalue weighted by atomic mass is 9.92. The van der Waals surface area contributed by atoms with E-state index in [4.69, 9.17) is 0 Å². The third-order valence-corrected chi connectivity index (χ3v) is 5.45. The van der Waals surface area contributed by atoms with Crippen molar-refractivity contribution in [2.45, 2.75) is 38.3 Å². The van der Waals surface area contributed by atoms with Crippen LogP contribution in [0.5, 0.6) is 0 Å². The summed E-state index contributed by atoms with van der Waals surface area (Å²) in [5.74, 6) is -0.220. The van der Waals surface area contributed by atoms with E-state index in [2.05, 4.69) is 27.9 Å². The Morgan fingerprint density at radius 1 is 1.03 bits per heavy atom. The molecule has 0 fully saturated rings. The Kier molecular flexibility index (Phi) is 6.23. The van der Waals surface area contributed by atoms with Crippen molar-refractivity contribution in [2.24, 2.45) is 0 Å². The molecule has 6 nitrogen and oxygen atoms in total. The van der Waals surface area contributed by atoms with E-state index >= 15 is 0 Å². The minimum absolute atomic E-state index is 0.0180. The fraction of sp³-hybridized carbons (Fsp3) is 0.292. The van der Waals surface area contributed by atoms with Gasteiger partial charge in [0, 0.05) is 29.8 Å². The van der Waals surface area contributed by atoms with Gasteiger partial charge in [0.2, 0.25) is 5.91 Å². The van der Waals surface area contributed by atoms with Crippen LogP contribution in [0.1, 0.15) is 52.5 Å². The van der Waals surface area contributed by atoms with Crippen molar-refractivity contribution in [1.29, 1.82) is 0 Å². The van der Waals surface area contributed by atoms with Gasteiger partial charge in [-0.3, -0.25) is 14.3 Å². The van der Waals surface area contributed by atoms with Crippen LogP contribution in [0.25, 0.3) is 0 Å². The number of carbonyl (C=O) groups excluding carboxylic acids is 2. The number of hydrogen-bond acceptors (Lipinski definition) is 3. The third-order valence-electron chi connectivity index (χ3n) is 5.45. The molecule has 0 bridgehead atoms. The number of benzene rings is 2. The largest absolute Gasteiger partial charge is 0.352 e. The molecule has 2 aromatic carbocycles. The van der Waals surface area contributed by atoms with Gasteiger partial charge in [0.25, 0.3) is 5.91 Å². The first kappa shape index (κ1) is 19.9. The molecule has 0 radical (unpaired) electrons. The summed E-state index contributed by atoms with van der Waals surface area (Å²) < 4.78 is 2.04. The van der Waals surface area contributed by atoms with Gasteiger partial charge >= 0.3 is 0 Å². The maximum atomic E-state index is 12.4. The summed E-state index contributed by atoms with van der Waals surface area (Å²) in [6.07, 6.45) is 5.04. The molecule has 154 valence electrons. The Labute approximate surface area is 176 Å². The smallest absolute Gasteiger partial charge is 0.251 e. The zero-order valence-corrected chi connectivity index (χ0v) is 16.9. The fourth-order valence-corrected chi connectivity index (χ4v) is 3.91. The predicted molar refractivity (Wildman–Crippen MR) is 115 cm³/mol. The number of aromatic nitrogens is 2. The van der Waals surface area contributed by atoms with Crippen molar-refractivity contribution in [3.8, 4) is 0 Å². The van der Waals surface area contributed by atoms with Crippen LogP contribution in [0.4, 0.5) is 0 Å². The van der Waals surface area contributed by atoms with E-state index in [1.165, 1.54) is 11.3 Å². The molecule has 0 spiro atoms. The highest BCUT2D eigenvalue weighted by Gasteiger charge is 2.25. The quantitative estimate of drug-likeness (QED) is 0.637. The average molecular weight is 402 g/mol. The first-order valence-corrected chi connectivity index (χ1v) is 10.4. The number of nitrogens with one attached hydrogen (secondary N) is 2. The number of nitrogens with zero attached hydrogens (tertiary/aromatic N) is 2. The molecule has 6 heteroatoms. The van der Waals surface area contributed by atoms with Gasteiger partial charge in [-0.05, 0) is 37.0 Å². The van der Waals surface area contributed by atoms with Crippen molar-refractivity contribution in [2.75, 3.05) is 6.54 Å². The summed E-state index contributed by atoms with van der Waals surface area (Å²) in [7, 11) is 0. The third kappa shape index (κ3) is 4.76. The molecular weight excluding hydrogens is 376 g/mol. The second-order valence-corrected chi connectivity index (χ2v) is 7.57. The van der Waals surface area contributed by atoms with Gasteiger partial charge < -0.3 is 10.6 Å². The average Bonchev–Trinajstić information content (AvgIpc) is 3.19. The van der Waals surface area contributed by atoms with Gasteiger partial charge in [-0.25, -0.2) is 0 Å². The van der Waals surface area contributed by atoms with E-state index in [-0.39, 0.29) is 24.3 Å². The number of carbonyl (C=O) groups is 2. The molecule has 1 heterocycles. The lowest BCUT2D eigenvalue weighted by Gasteiger charge is -2.24. The summed E-state index contributed by atoms with van der Waals surface area (Å²) in [5.41, 5.74) is 4.12. The maximum absolute atomic E-state index is 12.4. The summed E-state index contributed by atoms with van der Waals surface area (Å²) in [6.45, 7) is 1.05. The Morgan fingerprint density at radius 3 is 2.53 bits per heavy atom. The zero-order valence-electron chi connectivity index (χ0n) is 16.9. The summed E-state index contributed by atoms with van der Waals surface area (Å²) >= 11 is 0.